The number of hydrazone groups is 1. The van der Waals surface area contributed by atoms with Gasteiger partial charge in [0.1, 0.15) is 5.70 Å². The number of carbonyl (C=O) groups excluding carboxylic acids is 3. The SMILES string of the molecule is COc1cc(/C=N\NC(=O)/C(=C\c2ccc3c(c2)OCO3)NC(=O)c2ccccc2)ccc1OC(=O)c1ccc(Cl)cc1Cl. The van der Waals surface area contributed by atoms with Gasteiger partial charge in [-0.15, -0.1) is 0 Å². The second-order valence-electron chi connectivity index (χ2n) is 9.11. The maximum Gasteiger partial charge on any atom is 0.345 e. The molecule has 2 N–H and O–H groups in total. The van der Waals surface area contributed by atoms with E-state index in [0.717, 1.165) is 0 Å². The van der Waals surface area contributed by atoms with Crippen molar-refractivity contribution in [2.45, 2.75) is 0 Å². The summed E-state index contributed by atoms with van der Waals surface area (Å²) in [6.07, 6.45) is 2.85. The number of hydrogen-bond acceptors (Lipinski definition) is 8. The van der Waals surface area contributed by atoms with Gasteiger partial charge in [-0.05, 0) is 77.9 Å². The smallest absolute Gasteiger partial charge is 0.345 e. The third-order valence-electron chi connectivity index (χ3n) is 6.16. The molecule has 12 heteroatoms. The van der Waals surface area contributed by atoms with Gasteiger partial charge in [0, 0.05) is 10.6 Å². The highest BCUT2D eigenvalue weighted by Crippen LogP contribution is 2.33. The molecule has 1 heterocycles. The van der Waals surface area contributed by atoms with Crippen molar-refractivity contribution in [3.8, 4) is 23.0 Å². The van der Waals surface area contributed by atoms with Crippen LogP contribution < -0.4 is 29.7 Å². The average Bonchev–Trinajstić information content (AvgIpc) is 3.49. The van der Waals surface area contributed by atoms with Crippen LogP contribution in [0.15, 0.2) is 95.7 Å². The maximum absolute atomic E-state index is 13.2. The van der Waals surface area contributed by atoms with Crippen LogP contribution in [-0.2, 0) is 4.79 Å². The van der Waals surface area contributed by atoms with Crippen molar-refractivity contribution in [2.75, 3.05) is 13.9 Å². The number of rotatable bonds is 9. The van der Waals surface area contributed by atoms with Crippen LogP contribution in [0.4, 0.5) is 0 Å². The molecule has 10 nitrogen and oxygen atoms in total. The van der Waals surface area contributed by atoms with E-state index in [2.05, 4.69) is 15.8 Å². The summed E-state index contributed by atoms with van der Waals surface area (Å²) >= 11 is 12.0. The van der Waals surface area contributed by atoms with Crippen molar-refractivity contribution >= 4 is 53.3 Å². The highest BCUT2D eigenvalue weighted by atomic mass is 35.5. The molecule has 0 saturated heterocycles. The summed E-state index contributed by atoms with van der Waals surface area (Å²) in [5.41, 5.74) is 3.96. The summed E-state index contributed by atoms with van der Waals surface area (Å²) in [5, 5.41) is 7.19. The molecule has 0 atom stereocenters. The van der Waals surface area contributed by atoms with E-state index in [4.69, 9.17) is 42.1 Å². The van der Waals surface area contributed by atoms with Gasteiger partial charge in [0.2, 0.25) is 6.79 Å². The van der Waals surface area contributed by atoms with Gasteiger partial charge in [-0.3, -0.25) is 9.59 Å². The fourth-order valence-electron chi connectivity index (χ4n) is 4.00. The normalized spacial score (nSPS) is 12.1. The van der Waals surface area contributed by atoms with E-state index in [9.17, 15) is 14.4 Å². The zero-order valence-corrected chi connectivity index (χ0v) is 24.5. The van der Waals surface area contributed by atoms with E-state index in [1.165, 1.54) is 43.7 Å². The van der Waals surface area contributed by atoms with Crippen LogP contribution in [0.2, 0.25) is 10.0 Å². The number of hydrogen-bond donors (Lipinski definition) is 2. The van der Waals surface area contributed by atoms with E-state index in [-0.39, 0.29) is 34.6 Å². The molecule has 0 fully saturated rings. The van der Waals surface area contributed by atoms with E-state index in [1.54, 1.807) is 60.7 Å². The summed E-state index contributed by atoms with van der Waals surface area (Å²) < 4.78 is 21.6. The van der Waals surface area contributed by atoms with Crippen molar-refractivity contribution in [1.29, 1.82) is 0 Å². The van der Waals surface area contributed by atoms with E-state index < -0.39 is 17.8 Å². The van der Waals surface area contributed by atoms with Crippen LogP contribution in [0.1, 0.15) is 31.8 Å². The van der Waals surface area contributed by atoms with Gasteiger partial charge < -0.3 is 24.3 Å². The predicted molar refractivity (Wildman–Crippen MR) is 165 cm³/mol. The number of benzene rings is 4. The topological polar surface area (TPSA) is 125 Å². The van der Waals surface area contributed by atoms with Crippen molar-refractivity contribution in [3.63, 3.8) is 0 Å². The number of fused-ring (bicyclic) bond motifs is 1. The maximum atomic E-state index is 13.2. The molecule has 4 aromatic rings. The first kappa shape index (κ1) is 30.1. The molecule has 0 radical (unpaired) electrons. The standard InChI is InChI=1S/C32H23Cl2N3O7/c1-41-28-15-20(8-12-27(28)44-32(40)23-10-9-22(33)16-24(23)34)17-35-37-31(39)25(36-30(38)21-5-3-2-4-6-21)13-19-7-11-26-29(14-19)43-18-42-26/h2-17H,18H2,1H3,(H,36,38)(H,37,39)/b25-13+,35-17-. The van der Waals surface area contributed by atoms with Gasteiger partial charge in [-0.25, -0.2) is 10.2 Å². The summed E-state index contributed by atoms with van der Waals surface area (Å²) in [6.45, 7) is 0.0974. The molecule has 0 unspecified atom stereocenters. The molecule has 2 amide bonds. The summed E-state index contributed by atoms with van der Waals surface area (Å²) in [6, 6.07) is 22.7. The van der Waals surface area contributed by atoms with Gasteiger partial charge in [0.05, 0.1) is 23.9 Å². The molecule has 5 rings (SSSR count). The molecule has 0 aromatic heterocycles. The minimum atomic E-state index is -0.696. The monoisotopic (exact) mass is 631 g/mol. The first-order valence-corrected chi connectivity index (χ1v) is 13.7. The van der Waals surface area contributed by atoms with Crippen LogP contribution in [0.5, 0.6) is 23.0 Å². The Balaban J connectivity index is 1.31. The minimum Gasteiger partial charge on any atom is -0.493 e. The molecular weight excluding hydrogens is 609 g/mol. The number of nitrogens with one attached hydrogen (secondary N) is 2. The van der Waals surface area contributed by atoms with Crippen molar-refractivity contribution in [2.24, 2.45) is 5.10 Å². The summed E-state index contributed by atoms with van der Waals surface area (Å²) in [7, 11) is 1.41. The van der Waals surface area contributed by atoms with E-state index in [1.807, 2.05) is 0 Å². The molecule has 0 aliphatic carbocycles. The van der Waals surface area contributed by atoms with Crippen LogP contribution in [0, 0.1) is 0 Å². The Morgan fingerprint density at radius 1 is 0.864 bits per heavy atom. The Bertz CT molecular complexity index is 1790. The number of halogens is 2. The first-order chi connectivity index (χ1) is 21.3. The van der Waals surface area contributed by atoms with Crippen LogP contribution in [0.3, 0.4) is 0 Å². The highest BCUT2D eigenvalue weighted by Gasteiger charge is 2.18. The van der Waals surface area contributed by atoms with Gasteiger partial charge in [-0.1, -0.05) is 47.5 Å². The molecule has 44 heavy (non-hydrogen) atoms. The largest absolute Gasteiger partial charge is 0.493 e. The van der Waals surface area contributed by atoms with Gasteiger partial charge in [-0.2, -0.15) is 5.10 Å². The Kier molecular flexibility index (Phi) is 9.43. The van der Waals surface area contributed by atoms with Gasteiger partial charge >= 0.3 is 5.97 Å². The summed E-state index contributed by atoms with van der Waals surface area (Å²) in [5.74, 6) is -0.383. The van der Waals surface area contributed by atoms with Crippen molar-refractivity contribution < 1.29 is 33.3 Å². The van der Waals surface area contributed by atoms with E-state index >= 15 is 0 Å². The lowest BCUT2D eigenvalue weighted by Crippen LogP contribution is -2.32. The van der Waals surface area contributed by atoms with Crippen LogP contribution >= 0.6 is 23.2 Å². The number of ether oxygens (including phenoxy) is 4. The fraction of sp³-hybridized carbons (Fsp3) is 0.0625. The van der Waals surface area contributed by atoms with Crippen LogP contribution in [-0.4, -0.2) is 37.9 Å². The van der Waals surface area contributed by atoms with Gasteiger partial charge in [0.15, 0.2) is 23.0 Å². The lowest BCUT2D eigenvalue weighted by molar-refractivity contribution is -0.117. The fourth-order valence-corrected chi connectivity index (χ4v) is 4.48. The molecule has 1 aliphatic heterocycles. The second kappa shape index (κ2) is 13.8. The quantitative estimate of drug-likeness (QED) is 0.0778. The molecular formula is C32H23Cl2N3O7. The zero-order chi connectivity index (χ0) is 31.1. The molecule has 1 aliphatic rings. The third-order valence-corrected chi connectivity index (χ3v) is 6.71. The van der Waals surface area contributed by atoms with E-state index in [0.29, 0.717) is 33.2 Å². The summed E-state index contributed by atoms with van der Waals surface area (Å²) in [4.78, 5) is 38.6. The Labute approximate surface area is 261 Å². The number of amides is 2. The zero-order valence-electron chi connectivity index (χ0n) is 23.0. The number of carbonyl (C=O) groups is 3. The van der Waals surface area contributed by atoms with Crippen molar-refractivity contribution in [1.82, 2.24) is 10.7 Å². The minimum absolute atomic E-state index is 0.0597. The first-order valence-electron chi connectivity index (χ1n) is 13.0. The Morgan fingerprint density at radius 3 is 2.41 bits per heavy atom. The van der Waals surface area contributed by atoms with Gasteiger partial charge in [0.25, 0.3) is 11.8 Å². The molecule has 4 aromatic carbocycles. The molecule has 222 valence electrons. The predicted octanol–water partition coefficient (Wildman–Crippen LogP) is 5.87. The lowest BCUT2D eigenvalue weighted by atomic mass is 10.1. The lowest BCUT2D eigenvalue weighted by Gasteiger charge is -2.11. The Morgan fingerprint density at radius 2 is 1.64 bits per heavy atom. The molecule has 0 bridgehead atoms. The average molecular weight is 632 g/mol. The highest BCUT2D eigenvalue weighted by molar-refractivity contribution is 6.36. The number of nitrogens with zero attached hydrogens (tertiary/aromatic N) is 1. The Hall–Kier alpha value is -5.32. The van der Waals surface area contributed by atoms with Crippen molar-refractivity contribution in [3.05, 3.63) is 123 Å². The number of methoxy groups -OCH3 is 1. The molecule has 0 saturated carbocycles. The molecule has 0 spiro atoms. The van der Waals surface area contributed by atoms with Crippen LogP contribution in [0.25, 0.3) is 6.08 Å². The second-order valence-corrected chi connectivity index (χ2v) is 9.96. The number of esters is 1. The third kappa shape index (κ3) is 7.35.